The fourth-order valence-electron chi connectivity index (χ4n) is 4.06. The Bertz CT molecular complexity index is 750. The van der Waals surface area contributed by atoms with Gasteiger partial charge in [0.05, 0.1) is 12.5 Å². The van der Waals surface area contributed by atoms with E-state index in [0.717, 1.165) is 48.1 Å². The molecule has 4 nitrogen and oxygen atoms in total. The molecule has 2 aromatic rings. The van der Waals surface area contributed by atoms with Crippen LogP contribution in [0.5, 0.6) is 5.75 Å². The summed E-state index contributed by atoms with van der Waals surface area (Å²) in [5.74, 6) is 0.625. The lowest BCUT2D eigenvalue weighted by Crippen LogP contribution is -2.45. The molecular weight excluding hydrogens is 324 g/mol. The summed E-state index contributed by atoms with van der Waals surface area (Å²) in [4.78, 5) is 12.4. The fourth-order valence-corrected chi connectivity index (χ4v) is 4.06. The molecule has 26 heavy (non-hydrogen) atoms. The van der Waals surface area contributed by atoms with Crippen LogP contribution in [0, 0.1) is 5.41 Å². The first-order valence-electron chi connectivity index (χ1n) is 9.27. The summed E-state index contributed by atoms with van der Waals surface area (Å²) >= 11 is 0. The Balaban J connectivity index is 1.93. The van der Waals surface area contributed by atoms with E-state index < -0.39 is 5.41 Å². The summed E-state index contributed by atoms with van der Waals surface area (Å²) in [6.45, 7) is 0. The van der Waals surface area contributed by atoms with Crippen LogP contribution >= 0.6 is 0 Å². The number of carbonyl (C=O) groups excluding carboxylic acids is 1. The second-order valence-electron chi connectivity index (χ2n) is 7.28. The minimum Gasteiger partial charge on any atom is -0.496 e. The molecule has 0 radical (unpaired) electrons. The molecule has 0 aromatic heterocycles. The van der Waals surface area contributed by atoms with Gasteiger partial charge in [-0.25, -0.2) is 0 Å². The molecule has 1 aliphatic carbocycles. The highest BCUT2D eigenvalue weighted by Crippen LogP contribution is 2.41. The van der Waals surface area contributed by atoms with E-state index in [1.54, 1.807) is 7.11 Å². The molecule has 0 spiro atoms. The number of methoxy groups -OCH3 is 1. The number of rotatable bonds is 6. The van der Waals surface area contributed by atoms with Crippen LogP contribution in [0.3, 0.4) is 0 Å². The second-order valence-corrected chi connectivity index (χ2v) is 7.28. The average molecular weight is 352 g/mol. The van der Waals surface area contributed by atoms with Gasteiger partial charge in [-0.1, -0.05) is 36.4 Å². The third kappa shape index (κ3) is 3.75. The number of nitrogens with two attached hydrogens (primary N) is 1. The molecule has 3 rings (SSSR count). The van der Waals surface area contributed by atoms with Crippen molar-refractivity contribution < 1.29 is 9.53 Å². The largest absolute Gasteiger partial charge is 0.496 e. The van der Waals surface area contributed by atoms with Crippen molar-refractivity contribution in [3.8, 4) is 16.9 Å². The molecule has 3 N–H and O–H groups in total. The molecular formula is C22H28N2O2. The number of nitrogens with one attached hydrogen (secondary N) is 1. The van der Waals surface area contributed by atoms with E-state index in [0.29, 0.717) is 12.5 Å². The quantitative estimate of drug-likeness (QED) is 0.836. The zero-order valence-corrected chi connectivity index (χ0v) is 15.6. The summed E-state index contributed by atoms with van der Waals surface area (Å²) in [7, 11) is 3.66. The maximum atomic E-state index is 12.4. The van der Waals surface area contributed by atoms with E-state index in [9.17, 15) is 4.79 Å². The first-order chi connectivity index (χ1) is 12.6. The van der Waals surface area contributed by atoms with Gasteiger partial charge in [-0.3, -0.25) is 4.79 Å². The molecule has 4 heteroatoms. The highest BCUT2D eigenvalue weighted by molar-refractivity contribution is 5.81. The zero-order valence-electron chi connectivity index (χ0n) is 15.6. The van der Waals surface area contributed by atoms with Crippen LogP contribution in [-0.2, 0) is 11.2 Å². The molecule has 1 fully saturated rings. The standard InChI is InChI=1S/C22H28N2O2/c1-24-19-10-12-22(13-11-19,21(23)25)15-18-14-17(8-9-20(18)26-2)16-6-4-3-5-7-16/h3-9,14,19,24H,10-13,15H2,1-2H3,(H2,23,25). The Kier molecular flexibility index (Phi) is 5.62. The third-order valence-corrected chi connectivity index (χ3v) is 5.79. The van der Waals surface area contributed by atoms with Crippen LogP contribution in [0.4, 0.5) is 0 Å². The molecule has 0 atom stereocenters. The minimum atomic E-state index is -0.490. The van der Waals surface area contributed by atoms with Crippen molar-refractivity contribution in [2.24, 2.45) is 11.1 Å². The van der Waals surface area contributed by atoms with Crippen LogP contribution in [0.25, 0.3) is 11.1 Å². The van der Waals surface area contributed by atoms with Crippen LogP contribution in [0.15, 0.2) is 48.5 Å². The van der Waals surface area contributed by atoms with Gasteiger partial charge in [0, 0.05) is 6.04 Å². The minimum absolute atomic E-state index is 0.195. The number of carbonyl (C=O) groups is 1. The van der Waals surface area contributed by atoms with Gasteiger partial charge in [0.2, 0.25) is 5.91 Å². The molecule has 0 aliphatic heterocycles. The molecule has 1 saturated carbocycles. The molecule has 2 aromatic carbocycles. The molecule has 0 unspecified atom stereocenters. The summed E-state index contributed by atoms with van der Waals surface area (Å²) < 4.78 is 5.58. The van der Waals surface area contributed by atoms with Crippen molar-refractivity contribution in [3.05, 3.63) is 54.1 Å². The van der Waals surface area contributed by atoms with Gasteiger partial charge in [0.1, 0.15) is 5.75 Å². The van der Waals surface area contributed by atoms with Gasteiger partial charge in [0.15, 0.2) is 0 Å². The number of ether oxygens (including phenoxy) is 1. The van der Waals surface area contributed by atoms with Crippen LogP contribution in [-0.4, -0.2) is 26.1 Å². The first kappa shape index (κ1) is 18.5. The Morgan fingerprint density at radius 1 is 1.15 bits per heavy atom. The lowest BCUT2D eigenvalue weighted by atomic mass is 9.68. The SMILES string of the molecule is CNC1CCC(Cc2cc(-c3ccccc3)ccc2OC)(C(N)=O)CC1. The predicted octanol–water partition coefficient (Wildman–Crippen LogP) is 3.54. The summed E-state index contributed by atoms with van der Waals surface area (Å²) in [6.07, 6.45) is 4.20. The molecule has 138 valence electrons. The molecule has 1 aliphatic rings. The van der Waals surface area contributed by atoms with Crippen molar-refractivity contribution in [2.75, 3.05) is 14.2 Å². The van der Waals surface area contributed by atoms with Crippen LogP contribution < -0.4 is 15.8 Å². The lowest BCUT2D eigenvalue weighted by molar-refractivity contribution is -0.129. The number of hydrogen-bond donors (Lipinski definition) is 2. The normalized spacial score (nSPS) is 22.8. The van der Waals surface area contributed by atoms with E-state index in [1.165, 1.54) is 0 Å². The number of hydrogen-bond acceptors (Lipinski definition) is 3. The van der Waals surface area contributed by atoms with Crippen molar-refractivity contribution in [2.45, 2.75) is 38.1 Å². The van der Waals surface area contributed by atoms with E-state index in [1.807, 2.05) is 31.3 Å². The van der Waals surface area contributed by atoms with Crippen molar-refractivity contribution >= 4 is 5.91 Å². The third-order valence-electron chi connectivity index (χ3n) is 5.79. The van der Waals surface area contributed by atoms with E-state index in [-0.39, 0.29) is 5.91 Å². The zero-order chi connectivity index (χ0) is 18.6. The van der Waals surface area contributed by atoms with Crippen molar-refractivity contribution in [1.82, 2.24) is 5.32 Å². The van der Waals surface area contributed by atoms with Gasteiger partial charge >= 0.3 is 0 Å². The molecule has 0 saturated heterocycles. The number of primary amides is 1. The number of amides is 1. The Morgan fingerprint density at radius 3 is 2.42 bits per heavy atom. The summed E-state index contributed by atoms with van der Waals surface area (Å²) in [5, 5.41) is 3.32. The van der Waals surface area contributed by atoms with Gasteiger partial charge in [0.25, 0.3) is 0 Å². The monoisotopic (exact) mass is 352 g/mol. The lowest BCUT2D eigenvalue weighted by Gasteiger charge is -2.38. The highest BCUT2D eigenvalue weighted by atomic mass is 16.5. The maximum Gasteiger partial charge on any atom is 0.223 e. The Labute approximate surface area is 155 Å². The predicted molar refractivity (Wildman–Crippen MR) is 105 cm³/mol. The molecule has 0 bridgehead atoms. The van der Waals surface area contributed by atoms with Gasteiger partial charge in [-0.05, 0) is 68.0 Å². The topological polar surface area (TPSA) is 64.3 Å². The first-order valence-corrected chi connectivity index (χ1v) is 9.27. The van der Waals surface area contributed by atoms with Gasteiger partial charge in [-0.2, -0.15) is 0 Å². The molecule has 1 amide bonds. The Hall–Kier alpha value is -2.33. The smallest absolute Gasteiger partial charge is 0.223 e. The van der Waals surface area contributed by atoms with Crippen molar-refractivity contribution in [3.63, 3.8) is 0 Å². The second kappa shape index (κ2) is 7.92. The van der Waals surface area contributed by atoms with Crippen LogP contribution in [0.1, 0.15) is 31.2 Å². The van der Waals surface area contributed by atoms with Crippen LogP contribution in [0.2, 0.25) is 0 Å². The van der Waals surface area contributed by atoms with E-state index in [4.69, 9.17) is 10.5 Å². The maximum absolute atomic E-state index is 12.4. The van der Waals surface area contributed by atoms with Gasteiger partial charge in [-0.15, -0.1) is 0 Å². The van der Waals surface area contributed by atoms with Crippen molar-refractivity contribution in [1.29, 1.82) is 0 Å². The summed E-state index contributed by atoms with van der Waals surface area (Å²) in [6, 6.07) is 16.9. The highest BCUT2D eigenvalue weighted by Gasteiger charge is 2.40. The van der Waals surface area contributed by atoms with E-state index >= 15 is 0 Å². The molecule has 0 heterocycles. The van der Waals surface area contributed by atoms with E-state index in [2.05, 4.69) is 29.6 Å². The fraction of sp³-hybridized carbons (Fsp3) is 0.409. The average Bonchev–Trinajstić information content (AvgIpc) is 2.69. The summed E-state index contributed by atoms with van der Waals surface area (Å²) in [5.41, 5.74) is 8.72. The van der Waals surface area contributed by atoms with Gasteiger partial charge < -0.3 is 15.8 Å². The Morgan fingerprint density at radius 2 is 1.85 bits per heavy atom. The number of benzene rings is 2.